The normalized spacial score (nSPS) is 26.9. The van der Waals surface area contributed by atoms with Gasteiger partial charge in [0.05, 0.1) is 18.8 Å². The second-order valence-electron chi connectivity index (χ2n) is 8.20. The van der Waals surface area contributed by atoms with Gasteiger partial charge in [-0.1, -0.05) is 55.3 Å². The van der Waals surface area contributed by atoms with E-state index in [0.717, 1.165) is 42.6 Å². The summed E-state index contributed by atoms with van der Waals surface area (Å²) in [6.45, 7) is 0.571. The summed E-state index contributed by atoms with van der Waals surface area (Å²) in [7, 11) is 1.65. The van der Waals surface area contributed by atoms with Crippen LogP contribution < -0.4 is 4.74 Å². The third-order valence-corrected chi connectivity index (χ3v) is 6.53. The van der Waals surface area contributed by atoms with Crippen LogP contribution in [0, 0.1) is 5.92 Å². The molecule has 0 spiro atoms. The van der Waals surface area contributed by atoms with Gasteiger partial charge in [-0.2, -0.15) is 0 Å². The van der Waals surface area contributed by atoms with Crippen molar-refractivity contribution < 1.29 is 14.6 Å². The summed E-state index contributed by atoms with van der Waals surface area (Å²) in [6.07, 6.45) is 8.11. The molecule has 2 fully saturated rings. The predicted molar refractivity (Wildman–Crippen MR) is 114 cm³/mol. The summed E-state index contributed by atoms with van der Waals surface area (Å²) in [4.78, 5) is 15.1. The summed E-state index contributed by atoms with van der Waals surface area (Å²) in [6, 6.07) is 17.7. The second-order valence-corrected chi connectivity index (χ2v) is 8.20. The van der Waals surface area contributed by atoms with Gasteiger partial charge in [-0.15, -0.1) is 0 Å². The summed E-state index contributed by atoms with van der Waals surface area (Å²) >= 11 is 0. The molecule has 1 saturated carbocycles. The predicted octanol–water partition coefficient (Wildman–Crippen LogP) is 4.60. The third kappa shape index (κ3) is 4.08. The average Bonchev–Trinajstić information content (AvgIpc) is 2.77. The maximum absolute atomic E-state index is 13.2. The lowest BCUT2D eigenvalue weighted by Gasteiger charge is -2.52. The molecule has 2 aromatic rings. The Hall–Kier alpha value is -2.59. The molecule has 0 radical (unpaired) electrons. The Morgan fingerprint density at radius 1 is 1.10 bits per heavy atom. The highest BCUT2D eigenvalue weighted by molar-refractivity contribution is 5.92. The molecule has 4 rings (SSSR count). The Balaban J connectivity index is 1.65. The molecular formula is C25H29NO3. The van der Waals surface area contributed by atoms with E-state index in [1.807, 2.05) is 65.6 Å². The van der Waals surface area contributed by atoms with Crippen LogP contribution in [0.3, 0.4) is 0 Å². The van der Waals surface area contributed by atoms with Crippen molar-refractivity contribution in [3.63, 3.8) is 0 Å². The third-order valence-electron chi connectivity index (χ3n) is 6.53. The summed E-state index contributed by atoms with van der Waals surface area (Å²) < 4.78 is 5.30. The minimum atomic E-state index is -0.678. The van der Waals surface area contributed by atoms with Crippen LogP contribution in [-0.2, 0) is 4.79 Å². The first-order valence-corrected chi connectivity index (χ1v) is 10.5. The molecule has 0 unspecified atom stereocenters. The molecule has 2 aliphatic rings. The van der Waals surface area contributed by atoms with Crippen LogP contribution in [0.2, 0.25) is 0 Å². The number of carbonyl (C=O) groups is 1. The van der Waals surface area contributed by atoms with Gasteiger partial charge in [-0.3, -0.25) is 4.79 Å². The van der Waals surface area contributed by atoms with Crippen molar-refractivity contribution in [2.45, 2.75) is 43.7 Å². The quantitative estimate of drug-likeness (QED) is 0.775. The number of carbonyl (C=O) groups excluding carboxylic acids is 1. The van der Waals surface area contributed by atoms with Gasteiger partial charge in [-0.05, 0) is 48.6 Å². The molecular weight excluding hydrogens is 362 g/mol. The number of likely N-dealkylation sites (tertiary alicyclic amines) is 1. The molecule has 1 amide bonds. The summed E-state index contributed by atoms with van der Waals surface area (Å²) in [5.74, 6) is 0.861. The molecule has 1 saturated heterocycles. The molecule has 0 aromatic heterocycles. The van der Waals surface area contributed by atoms with Crippen molar-refractivity contribution >= 4 is 12.0 Å². The van der Waals surface area contributed by atoms with E-state index < -0.39 is 5.60 Å². The fourth-order valence-corrected chi connectivity index (χ4v) is 4.97. The van der Waals surface area contributed by atoms with Gasteiger partial charge in [-0.25, -0.2) is 0 Å². The van der Waals surface area contributed by atoms with E-state index in [1.54, 1.807) is 13.2 Å². The summed E-state index contributed by atoms with van der Waals surface area (Å²) in [5, 5.41) is 11.4. The van der Waals surface area contributed by atoms with Gasteiger partial charge < -0.3 is 14.7 Å². The number of methoxy groups -OCH3 is 1. The van der Waals surface area contributed by atoms with Crippen LogP contribution in [0.25, 0.3) is 6.08 Å². The van der Waals surface area contributed by atoms with Crippen LogP contribution in [0.5, 0.6) is 5.75 Å². The van der Waals surface area contributed by atoms with Crippen LogP contribution in [-0.4, -0.2) is 35.2 Å². The van der Waals surface area contributed by atoms with Gasteiger partial charge in [0.2, 0.25) is 5.91 Å². The monoisotopic (exact) mass is 391 g/mol. The fraction of sp³-hybridized carbons (Fsp3) is 0.400. The van der Waals surface area contributed by atoms with Gasteiger partial charge in [0, 0.05) is 18.5 Å². The topological polar surface area (TPSA) is 49.8 Å². The zero-order valence-corrected chi connectivity index (χ0v) is 17.0. The lowest BCUT2D eigenvalue weighted by Crippen LogP contribution is -2.56. The second kappa shape index (κ2) is 8.42. The van der Waals surface area contributed by atoms with E-state index in [1.165, 1.54) is 0 Å². The molecule has 1 heterocycles. The van der Waals surface area contributed by atoms with Crippen LogP contribution in [0.15, 0.2) is 60.7 Å². The zero-order chi connectivity index (χ0) is 20.3. The Kier molecular flexibility index (Phi) is 5.72. The van der Waals surface area contributed by atoms with Crippen LogP contribution in [0.4, 0.5) is 0 Å². The minimum Gasteiger partial charge on any atom is -0.497 e. The van der Waals surface area contributed by atoms with Crippen molar-refractivity contribution in [3.8, 4) is 5.75 Å². The highest BCUT2D eigenvalue weighted by Crippen LogP contribution is 2.49. The Labute approximate surface area is 172 Å². The van der Waals surface area contributed by atoms with E-state index in [-0.39, 0.29) is 17.9 Å². The van der Waals surface area contributed by atoms with E-state index in [2.05, 4.69) is 0 Å². The number of fused-ring (bicyclic) bond motifs is 1. The number of rotatable bonds is 4. The van der Waals surface area contributed by atoms with Crippen molar-refractivity contribution in [2.75, 3.05) is 13.7 Å². The first kappa shape index (κ1) is 19.7. The molecule has 2 aromatic carbocycles. The van der Waals surface area contributed by atoms with Crippen LogP contribution in [0.1, 0.15) is 49.3 Å². The van der Waals surface area contributed by atoms with E-state index in [9.17, 15) is 9.90 Å². The number of nitrogens with zero attached hydrogens (tertiary/aromatic N) is 1. The lowest BCUT2D eigenvalue weighted by molar-refractivity contribution is -0.150. The number of hydrogen-bond donors (Lipinski definition) is 1. The molecule has 0 bridgehead atoms. The fourth-order valence-electron chi connectivity index (χ4n) is 4.97. The summed E-state index contributed by atoms with van der Waals surface area (Å²) in [5.41, 5.74) is 1.40. The molecule has 4 nitrogen and oxygen atoms in total. The average molecular weight is 392 g/mol. The number of hydrogen-bond acceptors (Lipinski definition) is 3. The standard InChI is InChI=1S/C25H29NO3/c1-29-21-13-11-20(12-14-21)24-22-9-5-6-16-25(22,28)17-18-26(24)23(27)15-10-19-7-3-2-4-8-19/h2-4,7-8,10-15,22,24,28H,5-6,9,16-18H2,1H3/b15-10+/t22-,24+,25-/m1/s1. The van der Waals surface area contributed by atoms with Crippen molar-refractivity contribution in [1.29, 1.82) is 0 Å². The first-order chi connectivity index (χ1) is 14.1. The molecule has 1 N–H and O–H groups in total. The largest absolute Gasteiger partial charge is 0.497 e. The highest BCUT2D eigenvalue weighted by Gasteiger charge is 2.49. The lowest BCUT2D eigenvalue weighted by atomic mass is 9.66. The minimum absolute atomic E-state index is 0.00212. The molecule has 4 heteroatoms. The van der Waals surface area contributed by atoms with Crippen molar-refractivity contribution in [1.82, 2.24) is 4.90 Å². The Morgan fingerprint density at radius 2 is 1.86 bits per heavy atom. The number of ether oxygens (including phenoxy) is 1. The van der Waals surface area contributed by atoms with Gasteiger partial charge in [0.15, 0.2) is 0 Å². The zero-order valence-electron chi connectivity index (χ0n) is 17.0. The van der Waals surface area contributed by atoms with E-state index >= 15 is 0 Å². The molecule has 1 aliphatic carbocycles. The maximum Gasteiger partial charge on any atom is 0.247 e. The number of amides is 1. The van der Waals surface area contributed by atoms with Gasteiger partial charge in [0.1, 0.15) is 5.75 Å². The smallest absolute Gasteiger partial charge is 0.247 e. The first-order valence-electron chi connectivity index (χ1n) is 10.5. The maximum atomic E-state index is 13.2. The molecule has 152 valence electrons. The van der Waals surface area contributed by atoms with Crippen molar-refractivity contribution in [2.24, 2.45) is 5.92 Å². The Morgan fingerprint density at radius 3 is 2.59 bits per heavy atom. The number of aliphatic hydroxyl groups is 1. The number of benzene rings is 2. The molecule has 1 aliphatic heterocycles. The SMILES string of the molecule is COc1ccc([C@H]2[C@H]3CCCC[C@@]3(O)CCN2C(=O)/C=C/c2ccccc2)cc1. The van der Waals surface area contributed by atoms with Crippen LogP contribution >= 0.6 is 0 Å². The van der Waals surface area contributed by atoms with Gasteiger partial charge in [0.25, 0.3) is 0 Å². The Bertz CT molecular complexity index is 861. The molecule has 3 atom stereocenters. The number of piperidine rings is 1. The van der Waals surface area contributed by atoms with E-state index in [4.69, 9.17) is 4.74 Å². The highest BCUT2D eigenvalue weighted by atomic mass is 16.5. The van der Waals surface area contributed by atoms with Gasteiger partial charge >= 0.3 is 0 Å². The van der Waals surface area contributed by atoms with Crippen molar-refractivity contribution in [3.05, 3.63) is 71.8 Å². The van der Waals surface area contributed by atoms with E-state index in [0.29, 0.717) is 13.0 Å². The molecule has 29 heavy (non-hydrogen) atoms.